The summed E-state index contributed by atoms with van der Waals surface area (Å²) in [6.45, 7) is -3.96. The molecule has 7 aliphatic rings. The molecule has 0 unspecified atom stereocenters. The molecule has 0 aromatic carbocycles. The largest absolute Gasteiger partial charge is 0.394 e. The van der Waals surface area contributed by atoms with Gasteiger partial charge in [0, 0.05) is 20.8 Å². The molecular formula is C48H81N3O36. The molecule has 504 valence electrons. The van der Waals surface area contributed by atoms with Gasteiger partial charge in [0.15, 0.2) is 44.0 Å². The highest BCUT2D eigenvalue weighted by molar-refractivity contribution is 5.74. The molecule has 35 atom stereocenters. The van der Waals surface area contributed by atoms with Crippen molar-refractivity contribution in [3.8, 4) is 0 Å². The smallest absolute Gasteiger partial charge is 0.217 e. The lowest BCUT2D eigenvalue weighted by Crippen LogP contribution is -2.70. The minimum absolute atomic E-state index is 0.799. The zero-order valence-corrected chi connectivity index (χ0v) is 46.6. The van der Waals surface area contributed by atoms with Crippen molar-refractivity contribution in [1.82, 2.24) is 16.0 Å². The summed E-state index contributed by atoms with van der Waals surface area (Å²) >= 11 is 0. The molecule has 7 heterocycles. The third-order valence-corrected chi connectivity index (χ3v) is 15.7. The third-order valence-electron chi connectivity index (χ3n) is 15.7. The van der Waals surface area contributed by atoms with Crippen molar-refractivity contribution in [3.05, 3.63) is 0 Å². The van der Waals surface area contributed by atoms with Gasteiger partial charge >= 0.3 is 0 Å². The number of hydrogen-bond donors (Lipinski definition) is 23. The number of aliphatic hydroxyl groups excluding tert-OH is 20. The van der Waals surface area contributed by atoms with Gasteiger partial charge in [-0.3, -0.25) is 14.4 Å². The molecule has 7 fully saturated rings. The SMILES string of the molecule is CC(=O)N[C@H]1[C@H](O[C@@H]2[C@@H](OC[C@H]3O[C@@H](O)[C@@H](O)[C@@H](O[C@H]4O[C@H](CO)[C@@H](O[C@@H]5O[C@H](CO)[C@@H](O)[C@H](O)[C@H]5NC(C)=O)[C@H](O)[C@@H]4O[C@@H]4O[C@H](CO)[C@@H](O)[C@H](O)[C@H]4NC(C)=O)[C@@H]3O)O[C@H](CO)[C@@H](O)[C@@H]2O)O[C@H](CO)[C@@H](O[C@@H]2O[C@H](CO)[C@H](O)[C@H](O)[C@H]2O)[C@@H]1O. The highest BCUT2D eigenvalue weighted by Gasteiger charge is 2.59. The lowest BCUT2D eigenvalue weighted by atomic mass is 9.94. The van der Waals surface area contributed by atoms with Crippen molar-refractivity contribution >= 4 is 17.7 Å². The normalized spacial score (nSPS) is 48.9. The van der Waals surface area contributed by atoms with E-state index in [9.17, 15) is 117 Å². The van der Waals surface area contributed by atoms with Crippen LogP contribution in [0.1, 0.15) is 20.8 Å². The van der Waals surface area contributed by atoms with E-state index in [1.807, 2.05) is 0 Å². The molecule has 23 N–H and O–H groups in total. The van der Waals surface area contributed by atoms with Crippen LogP contribution in [0.4, 0.5) is 0 Å². The van der Waals surface area contributed by atoms with Gasteiger partial charge in [-0.25, -0.2) is 0 Å². The van der Waals surface area contributed by atoms with Crippen molar-refractivity contribution in [2.45, 2.75) is 236 Å². The third kappa shape index (κ3) is 15.8. The molecule has 0 spiro atoms. The van der Waals surface area contributed by atoms with E-state index >= 15 is 0 Å². The van der Waals surface area contributed by atoms with Crippen LogP contribution in [0.2, 0.25) is 0 Å². The number of amides is 3. The van der Waals surface area contributed by atoms with Crippen LogP contribution in [0, 0.1) is 0 Å². The Morgan fingerprint density at radius 1 is 0.299 bits per heavy atom. The Kier molecular flexibility index (Phi) is 25.6. The maximum atomic E-state index is 12.6. The lowest BCUT2D eigenvalue weighted by Gasteiger charge is -2.51. The van der Waals surface area contributed by atoms with Crippen LogP contribution in [0.3, 0.4) is 0 Å². The van der Waals surface area contributed by atoms with E-state index in [0.29, 0.717) is 0 Å². The van der Waals surface area contributed by atoms with E-state index in [2.05, 4.69) is 16.0 Å². The first-order chi connectivity index (χ1) is 41.1. The number of nitrogens with one attached hydrogen (secondary N) is 3. The number of ether oxygens (including phenoxy) is 13. The Bertz CT molecular complexity index is 2190. The quantitative estimate of drug-likeness (QED) is 0.0479. The van der Waals surface area contributed by atoms with Gasteiger partial charge in [0.25, 0.3) is 0 Å². The summed E-state index contributed by atoms with van der Waals surface area (Å²) in [5.41, 5.74) is 0. The van der Waals surface area contributed by atoms with Gasteiger partial charge in [0.1, 0.15) is 171 Å². The summed E-state index contributed by atoms with van der Waals surface area (Å²) in [4.78, 5) is 37.3. The van der Waals surface area contributed by atoms with E-state index in [4.69, 9.17) is 61.6 Å². The van der Waals surface area contributed by atoms with E-state index in [1.165, 1.54) is 0 Å². The van der Waals surface area contributed by atoms with Crippen LogP contribution >= 0.6 is 0 Å². The van der Waals surface area contributed by atoms with E-state index in [-0.39, 0.29) is 0 Å². The first kappa shape index (κ1) is 71.5. The van der Waals surface area contributed by atoms with Crippen LogP contribution in [0.5, 0.6) is 0 Å². The summed E-state index contributed by atoms with van der Waals surface area (Å²) < 4.78 is 75.6. The van der Waals surface area contributed by atoms with Crippen LogP contribution in [0.15, 0.2) is 0 Å². The minimum Gasteiger partial charge on any atom is -0.394 e. The average molecular weight is 1280 g/mol. The van der Waals surface area contributed by atoms with E-state index < -0.39 is 279 Å². The zero-order valence-electron chi connectivity index (χ0n) is 46.6. The second-order valence-electron chi connectivity index (χ2n) is 21.8. The first-order valence-electron chi connectivity index (χ1n) is 27.6. The van der Waals surface area contributed by atoms with Crippen molar-refractivity contribution in [2.75, 3.05) is 46.2 Å². The van der Waals surface area contributed by atoms with Crippen LogP contribution in [-0.4, -0.2) is 381 Å². The van der Waals surface area contributed by atoms with Gasteiger partial charge in [0.05, 0.1) is 46.2 Å². The second kappa shape index (κ2) is 31.1. The molecule has 7 saturated heterocycles. The minimum atomic E-state index is -2.35. The summed E-state index contributed by atoms with van der Waals surface area (Å²) in [5, 5.41) is 224. The number of carbonyl (C=O) groups excluding carboxylic acids is 3. The topological polar surface area (TPSA) is 612 Å². The number of carbonyl (C=O) groups is 3. The average Bonchev–Trinajstić information content (AvgIpc) is 1.10. The zero-order chi connectivity index (χ0) is 64.2. The number of hydrogen-bond acceptors (Lipinski definition) is 36. The van der Waals surface area contributed by atoms with Gasteiger partial charge in [0.2, 0.25) is 17.7 Å². The summed E-state index contributed by atoms with van der Waals surface area (Å²) in [5.74, 6) is -2.50. The Hall–Kier alpha value is -2.91. The summed E-state index contributed by atoms with van der Waals surface area (Å²) in [6.07, 6.45) is -63.0. The Labute approximate surface area is 492 Å². The predicted molar refractivity (Wildman–Crippen MR) is 267 cm³/mol. The molecule has 0 aromatic heterocycles. The van der Waals surface area contributed by atoms with Gasteiger partial charge in [-0.05, 0) is 0 Å². The standard InChI is InChI=1S/C48H81N3O36/c1-11(58)49-21-29(66)24(61)14(4-52)77-43(21)83-38-19(9-57)82-48(41(35(38)72)87-44-22(50-12(2)59)30(67)25(62)15(5-53)78-44)85-39-28(65)20(76-42(74)36(39)73)10-75-47-40(33(70)27(64)17(7-55)80-47)86-45-23(51-13(3)60)31(68)37(18(8-56)81-45)84-46-34(71)32(69)26(63)16(6-54)79-46/h14-48,52-57,61-74H,4-10H2,1-3H3,(H,49,58)(H,50,59)(H,51,60)/t14-,15-,16-,17-,18-,19-,20-,21-,22-,23-,24-,25-,26+,27-,28-,29-,30-,31-,32+,33+,34-,35+,36+,37-,38-,39+,40+,41+,42-,43+,44+,45+,46+,47+,48-/m1/s1. The van der Waals surface area contributed by atoms with Crippen LogP contribution < -0.4 is 16.0 Å². The lowest BCUT2D eigenvalue weighted by molar-refractivity contribution is -0.396. The fourth-order valence-electron chi connectivity index (χ4n) is 11.1. The molecule has 7 aliphatic heterocycles. The molecule has 87 heavy (non-hydrogen) atoms. The highest BCUT2D eigenvalue weighted by atomic mass is 16.8. The van der Waals surface area contributed by atoms with Crippen LogP contribution in [0.25, 0.3) is 0 Å². The molecule has 0 radical (unpaired) electrons. The molecule has 3 amide bonds. The van der Waals surface area contributed by atoms with Crippen molar-refractivity contribution in [2.24, 2.45) is 0 Å². The maximum Gasteiger partial charge on any atom is 0.217 e. The molecule has 7 rings (SSSR count). The van der Waals surface area contributed by atoms with Crippen molar-refractivity contribution < 1.29 is 178 Å². The van der Waals surface area contributed by atoms with Gasteiger partial charge in [-0.1, -0.05) is 0 Å². The second-order valence-corrected chi connectivity index (χ2v) is 21.8. The molecule has 39 heteroatoms. The fourth-order valence-corrected chi connectivity index (χ4v) is 11.1. The fraction of sp³-hybridized carbons (Fsp3) is 0.938. The first-order valence-corrected chi connectivity index (χ1v) is 27.6. The Balaban J connectivity index is 1.15. The Morgan fingerprint density at radius 3 is 1.08 bits per heavy atom. The monoisotopic (exact) mass is 1280 g/mol. The van der Waals surface area contributed by atoms with Crippen molar-refractivity contribution in [3.63, 3.8) is 0 Å². The number of aliphatic hydroxyl groups is 20. The summed E-state index contributed by atoms with van der Waals surface area (Å²) in [7, 11) is 0. The van der Waals surface area contributed by atoms with Crippen LogP contribution in [-0.2, 0) is 76.0 Å². The molecule has 0 saturated carbocycles. The van der Waals surface area contributed by atoms with E-state index in [0.717, 1.165) is 20.8 Å². The molecule has 0 bridgehead atoms. The highest BCUT2D eigenvalue weighted by Crippen LogP contribution is 2.38. The molecule has 0 aromatic rings. The Morgan fingerprint density at radius 2 is 0.632 bits per heavy atom. The van der Waals surface area contributed by atoms with Gasteiger partial charge in [-0.2, -0.15) is 0 Å². The van der Waals surface area contributed by atoms with Gasteiger partial charge in [-0.15, -0.1) is 0 Å². The summed E-state index contributed by atoms with van der Waals surface area (Å²) in [6, 6.07) is -5.20. The van der Waals surface area contributed by atoms with E-state index in [1.54, 1.807) is 0 Å². The molecular weight excluding hydrogens is 1190 g/mol. The molecule has 39 nitrogen and oxygen atoms in total. The maximum absolute atomic E-state index is 12.6. The van der Waals surface area contributed by atoms with Crippen molar-refractivity contribution in [1.29, 1.82) is 0 Å². The molecule has 0 aliphatic carbocycles. The van der Waals surface area contributed by atoms with Gasteiger partial charge < -0.3 is 180 Å². The number of rotatable bonds is 22. The predicted octanol–water partition coefficient (Wildman–Crippen LogP) is -15.8.